The number of nitrogens with zero attached hydrogens (tertiary/aromatic N) is 3. The highest BCUT2D eigenvalue weighted by Crippen LogP contribution is 2.23. The van der Waals surface area contributed by atoms with Crippen molar-refractivity contribution < 1.29 is 9.84 Å². The van der Waals surface area contributed by atoms with Gasteiger partial charge in [-0.3, -0.25) is 0 Å². The SMILES string of the molecule is COCCn1cnnc1SCC(O)c1ccc(C)cc1. The Labute approximate surface area is 123 Å². The zero-order chi connectivity index (χ0) is 14.4. The number of thioether (sulfide) groups is 1. The summed E-state index contributed by atoms with van der Waals surface area (Å²) < 4.78 is 6.97. The van der Waals surface area contributed by atoms with Crippen molar-refractivity contribution in [3.63, 3.8) is 0 Å². The number of hydrogen-bond acceptors (Lipinski definition) is 5. The lowest BCUT2D eigenvalue weighted by atomic mass is 10.1. The highest BCUT2D eigenvalue weighted by Gasteiger charge is 2.11. The van der Waals surface area contributed by atoms with Crippen LogP contribution in [0.3, 0.4) is 0 Å². The molecule has 0 aliphatic carbocycles. The molecule has 5 nitrogen and oxygen atoms in total. The fourth-order valence-corrected chi connectivity index (χ4v) is 2.65. The lowest BCUT2D eigenvalue weighted by Gasteiger charge is -2.11. The molecule has 0 saturated heterocycles. The van der Waals surface area contributed by atoms with Crippen molar-refractivity contribution in [2.75, 3.05) is 19.5 Å². The molecule has 1 aromatic carbocycles. The Morgan fingerprint density at radius 2 is 2.10 bits per heavy atom. The van der Waals surface area contributed by atoms with Crippen LogP contribution in [-0.4, -0.2) is 39.3 Å². The lowest BCUT2D eigenvalue weighted by molar-refractivity contribution is 0.184. The smallest absolute Gasteiger partial charge is 0.191 e. The summed E-state index contributed by atoms with van der Waals surface area (Å²) in [5.41, 5.74) is 2.11. The molecule has 1 aromatic heterocycles. The van der Waals surface area contributed by atoms with Crippen LogP contribution < -0.4 is 0 Å². The molecule has 0 radical (unpaired) electrons. The molecular weight excluding hydrogens is 274 g/mol. The highest BCUT2D eigenvalue weighted by atomic mass is 32.2. The number of methoxy groups -OCH3 is 1. The minimum Gasteiger partial charge on any atom is -0.388 e. The summed E-state index contributed by atoms with van der Waals surface area (Å²) in [6.45, 7) is 3.36. The third kappa shape index (κ3) is 4.06. The normalized spacial score (nSPS) is 12.6. The molecule has 108 valence electrons. The van der Waals surface area contributed by atoms with Crippen molar-refractivity contribution in [3.8, 4) is 0 Å². The first kappa shape index (κ1) is 15.0. The number of hydrogen-bond donors (Lipinski definition) is 1. The van der Waals surface area contributed by atoms with Gasteiger partial charge in [-0.05, 0) is 12.5 Å². The first-order chi connectivity index (χ1) is 9.70. The van der Waals surface area contributed by atoms with Crippen LogP contribution in [0.5, 0.6) is 0 Å². The van der Waals surface area contributed by atoms with Gasteiger partial charge in [0, 0.05) is 19.4 Å². The number of aliphatic hydroxyl groups is 1. The molecule has 1 unspecified atom stereocenters. The quantitative estimate of drug-likeness (QED) is 0.792. The maximum absolute atomic E-state index is 10.2. The van der Waals surface area contributed by atoms with Crippen molar-refractivity contribution in [1.82, 2.24) is 14.8 Å². The molecule has 0 saturated carbocycles. The van der Waals surface area contributed by atoms with Crippen LogP contribution >= 0.6 is 11.8 Å². The summed E-state index contributed by atoms with van der Waals surface area (Å²) in [6.07, 6.45) is 1.17. The van der Waals surface area contributed by atoms with Gasteiger partial charge in [0.2, 0.25) is 0 Å². The minimum absolute atomic E-state index is 0.506. The average Bonchev–Trinajstić information content (AvgIpc) is 2.90. The van der Waals surface area contributed by atoms with Gasteiger partial charge in [-0.2, -0.15) is 0 Å². The van der Waals surface area contributed by atoms with Crippen molar-refractivity contribution in [2.45, 2.75) is 24.7 Å². The van der Waals surface area contributed by atoms with E-state index in [0.29, 0.717) is 18.9 Å². The fraction of sp³-hybridized carbons (Fsp3) is 0.429. The van der Waals surface area contributed by atoms with Gasteiger partial charge in [-0.25, -0.2) is 0 Å². The van der Waals surface area contributed by atoms with E-state index in [9.17, 15) is 5.11 Å². The van der Waals surface area contributed by atoms with E-state index in [-0.39, 0.29) is 0 Å². The predicted octanol–water partition coefficient (Wildman–Crippen LogP) is 2.06. The topological polar surface area (TPSA) is 60.2 Å². The van der Waals surface area contributed by atoms with Crippen molar-refractivity contribution >= 4 is 11.8 Å². The lowest BCUT2D eigenvalue weighted by Crippen LogP contribution is -2.06. The maximum atomic E-state index is 10.2. The van der Waals surface area contributed by atoms with Crippen molar-refractivity contribution in [2.24, 2.45) is 0 Å². The summed E-state index contributed by atoms with van der Waals surface area (Å²) in [5, 5.41) is 18.9. The molecule has 0 aliphatic rings. The molecule has 0 aliphatic heterocycles. The van der Waals surface area contributed by atoms with Gasteiger partial charge in [0.25, 0.3) is 0 Å². The van der Waals surface area contributed by atoms with Crippen LogP contribution in [0.25, 0.3) is 0 Å². The molecule has 2 rings (SSSR count). The van der Waals surface area contributed by atoms with Gasteiger partial charge < -0.3 is 14.4 Å². The Bertz CT molecular complexity index is 527. The monoisotopic (exact) mass is 293 g/mol. The van der Waals surface area contributed by atoms with E-state index < -0.39 is 6.10 Å². The van der Waals surface area contributed by atoms with Crippen LogP contribution in [0.1, 0.15) is 17.2 Å². The first-order valence-electron chi connectivity index (χ1n) is 6.45. The number of aromatic nitrogens is 3. The molecule has 0 fully saturated rings. The van der Waals surface area contributed by atoms with Gasteiger partial charge >= 0.3 is 0 Å². The third-order valence-corrected chi connectivity index (χ3v) is 4.01. The molecule has 6 heteroatoms. The maximum Gasteiger partial charge on any atom is 0.191 e. The van der Waals surface area contributed by atoms with E-state index in [4.69, 9.17) is 4.74 Å². The molecular formula is C14H19N3O2S. The van der Waals surface area contributed by atoms with Crippen molar-refractivity contribution in [3.05, 3.63) is 41.7 Å². The summed E-state index contributed by atoms with van der Waals surface area (Å²) in [5.74, 6) is 0.550. The minimum atomic E-state index is -0.506. The second-order valence-electron chi connectivity index (χ2n) is 4.54. The largest absolute Gasteiger partial charge is 0.388 e. The first-order valence-corrected chi connectivity index (χ1v) is 7.43. The standard InChI is InChI=1S/C14H19N3O2S/c1-11-3-5-12(6-4-11)13(18)9-20-14-16-15-10-17(14)7-8-19-2/h3-6,10,13,18H,7-9H2,1-2H3. The Hall–Kier alpha value is -1.37. The van der Waals surface area contributed by atoms with Crippen LogP contribution in [0.15, 0.2) is 35.7 Å². The predicted molar refractivity (Wildman–Crippen MR) is 78.8 cm³/mol. The van der Waals surface area contributed by atoms with Crippen molar-refractivity contribution in [1.29, 1.82) is 0 Å². The molecule has 1 N–H and O–H groups in total. The Morgan fingerprint density at radius 1 is 1.35 bits per heavy atom. The van der Waals surface area contributed by atoms with Crippen LogP contribution in [0, 0.1) is 6.92 Å². The zero-order valence-corrected chi connectivity index (χ0v) is 12.5. The zero-order valence-electron chi connectivity index (χ0n) is 11.7. The van der Waals surface area contributed by atoms with Gasteiger partial charge in [0.05, 0.1) is 12.7 Å². The third-order valence-electron chi connectivity index (χ3n) is 2.95. The van der Waals surface area contributed by atoms with Crippen LogP contribution in [-0.2, 0) is 11.3 Å². The highest BCUT2D eigenvalue weighted by molar-refractivity contribution is 7.99. The number of rotatable bonds is 7. The molecule has 20 heavy (non-hydrogen) atoms. The summed E-state index contributed by atoms with van der Waals surface area (Å²) >= 11 is 1.50. The van der Waals surface area contributed by atoms with E-state index in [1.807, 2.05) is 35.8 Å². The fourth-order valence-electron chi connectivity index (χ4n) is 1.74. The molecule has 0 bridgehead atoms. The van der Waals surface area contributed by atoms with Gasteiger partial charge in [0.1, 0.15) is 6.33 Å². The van der Waals surface area contributed by atoms with E-state index in [1.165, 1.54) is 17.3 Å². The molecule has 1 heterocycles. The van der Waals surface area contributed by atoms with Crippen LogP contribution in [0.4, 0.5) is 0 Å². The van der Waals surface area contributed by atoms with E-state index in [1.54, 1.807) is 13.4 Å². The molecule has 0 amide bonds. The summed E-state index contributed by atoms with van der Waals surface area (Å²) in [6, 6.07) is 7.92. The van der Waals surface area contributed by atoms with Gasteiger partial charge in [-0.15, -0.1) is 10.2 Å². The second kappa shape index (κ2) is 7.42. The second-order valence-corrected chi connectivity index (χ2v) is 5.52. The van der Waals surface area contributed by atoms with E-state index in [2.05, 4.69) is 10.2 Å². The Morgan fingerprint density at radius 3 is 2.80 bits per heavy atom. The number of aryl methyl sites for hydroxylation is 1. The number of benzene rings is 1. The number of ether oxygens (including phenoxy) is 1. The molecule has 2 aromatic rings. The Kier molecular flexibility index (Phi) is 5.58. The average molecular weight is 293 g/mol. The molecule has 0 spiro atoms. The summed E-state index contributed by atoms with van der Waals surface area (Å²) in [7, 11) is 1.66. The number of aliphatic hydroxyl groups excluding tert-OH is 1. The van der Waals surface area contributed by atoms with Gasteiger partial charge in [0.15, 0.2) is 5.16 Å². The van der Waals surface area contributed by atoms with Gasteiger partial charge in [-0.1, -0.05) is 41.6 Å². The molecule has 1 atom stereocenters. The van der Waals surface area contributed by atoms with E-state index in [0.717, 1.165) is 10.7 Å². The van der Waals surface area contributed by atoms with Crippen LogP contribution in [0.2, 0.25) is 0 Å². The summed E-state index contributed by atoms with van der Waals surface area (Å²) in [4.78, 5) is 0. The van der Waals surface area contributed by atoms with E-state index >= 15 is 0 Å². The Balaban J connectivity index is 1.91.